The highest BCUT2D eigenvalue weighted by Gasteiger charge is 2.41. The van der Waals surface area contributed by atoms with Crippen LogP contribution < -0.4 is 5.32 Å². The maximum Gasteiger partial charge on any atom is 0.337 e. The van der Waals surface area contributed by atoms with E-state index >= 15 is 0 Å². The van der Waals surface area contributed by atoms with Crippen molar-refractivity contribution in [3.63, 3.8) is 0 Å². The van der Waals surface area contributed by atoms with E-state index in [1.807, 2.05) is 55.5 Å². The molecule has 32 heavy (non-hydrogen) atoms. The van der Waals surface area contributed by atoms with Gasteiger partial charge in [0.2, 0.25) is 0 Å². The highest BCUT2D eigenvalue weighted by molar-refractivity contribution is 6.04. The molecule has 5 rings (SSSR count). The van der Waals surface area contributed by atoms with E-state index in [4.69, 9.17) is 4.74 Å². The van der Waals surface area contributed by atoms with E-state index in [1.54, 1.807) is 0 Å². The van der Waals surface area contributed by atoms with Gasteiger partial charge in [-0.1, -0.05) is 60.7 Å². The summed E-state index contributed by atoms with van der Waals surface area (Å²) < 4.78 is 5.91. The maximum absolute atomic E-state index is 13.5. The summed E-state index contributed by atoms with van der Waals surface area (Å²) >= 11 is 0. The van der Waals surface area contributed by atoms with Gasteiger partial charge in [0, 0.05) is 29.3 Å². The number of esters is 1. The average Bonchev–Trinajstić information content (AvgIpc) is 3.32. The molecule has 4 nitrogen and oxygen atoms in total. The fourth-order valence-electron chi connectivity index (χ4n) is 5.47. The Kier molecular flexibility index (Phi) is 5.69. The third-order valence-electron chi connectivity index (χ3n) is 7.03. The molecule has 0 aromatic heterocycles. The molecule has 0 unspecified atom stereocenters. The summed E-state index contributed by atoms with van der Waals surface area (Å²) in [6.45, 7) is 1.93. The second kappa shape index (κ2) is 8.78. The summed E-state index contributed by atoms with van der Waals surface area (Å²) in [6, 6.07) is 20.1. The fraction of sp³-hybridized carbons (Fsp3) is 0.357. The zero-order chi connectivity index (χ0) is 22.1. The van der Waals surface area contributed by atoms with Crippen molar-refractivity contribution in [3.05, 3.63) is 94.3 Å². The predicted octanol–water partition coefficient (Wildman–Crippen LogP) is 5.53. The molecule has 0 bridgehead atoms. The first kappa shape index (κ1) is 20.7. The van der Waals surface area contributed by atoms with Crippen LogP contribution in [0.2, 0.25) is 0 Å². The van der Waals surface area contributed by atoms with E-state index < -0.39 is 0 Å². The van der Waals surface area contributed by atoms with Crippen LogP contribution >= 0.6 is 0 Å². The van der Waals surface area contributed by atoms with Crippen LogP contribution in [0.3, 0.4) is 0 Å². The van der Waals surface area contributed by atoms with Crippen molar-refractivity contribution < 1.29 is 14.3 Å². The third kappa shape index (κ3) is 3.90. The highest BCUT2D eigenvalue weighted by Crippen LogP contribution is 2.45. The van der Waals surface area contributed by atoms with E-state index in [1.165, 1.54) is 5.56 Å². The summed E-state index contributed by atoms with van der Waals surface area (Å²) in [5, 5.41) is 3.44. The molecule has 1 heterocycles. The molecule has 0 amide bonds. The lowest BCUT2D eigenvalue weighted by Crippen LogP contribution is -2.36. The van der Waals surface area contributed by atoms with Crippen molar-refractivity contribution in [2.24, 2.45) is 0 Å². The lowest BCUT2D eigenvalue weighted by molar-refractivity contribution is -0.144. The van der Waals surface area contributed by atoms with Gasteiger partial charge < -0.3 is 10.1 Å². The topological polar surface area (TPSA) is 55.4 Å². The lowest BCUT2D eigenvalue weighted by atomic mass is 9.72. The van der Waals surface area contributed by atoms with Crippen LogP contribution in [0.1, 0.15) is 68.4 Å². The number of nitrogens with one attached hydrogen (secondary N) is 1. The Morgan fingerprint density at radius 1 is 0.906 bits per heavy atom. The van der Waals surface area contributed by atoms with E-state index in [-0.39, 0.29) is 29.7 Å². The maximum atomic E-state index is 13.5. The van der Waals surface area contributed by atoms with Gasteiger partial charge in [0.05, 0.1) is 5.57 Å². The number of rotatable bonds is 4. The first-order chi connectivity index (χ1) is 15.6. The molecule has 0 radical (unpaired) electrons. The second-order valence-electron chi connectivity index (χ2n) is 9.15. The molecule has 1 N–H and O–H groups in total. The Hall–Kier alpha value is -3.14. The van der Waals surface area contributed by atoms with Gasteiger partial charge in [-0.2, -0.15) is 0 Å². The molecule has 0 spiro atoms. The van der Waals surface area contributed by atoms with Crippen molar-refractivity contribution in [1.82, 2.24) is 5.32 Å². The van der Waals surface area contributed by atoms with E-state index in [0.29, 0.717) is 12.0 Å². The lowest BCUT2D eigenvalue weighted by Gasteiger charge is -2.37. The minimum atomic E-state index is -0.384. The van der Waals surface area contributed by atoms with Gasteiger partial charge in [0.1, 0.15) is 6.10 Å². The predicted molar refractivity (Wildman–Crippen MR) is 124 cm³/mol. The number of ketones is 1. The van der Waals surface area contributed by atoms with Crippen LogP contribution in [-0.2, 0) is 14.3 Å². The van der Waals surface area contributed by atoms with Gasteiger partial charge in [0.25, 0.3) is 0 Å². The van der Waals surface area contributed by atoms with Crippen LogP contribution in [0.25, 0.3) is 0 Å². The van der Waals surface area contributed by atoms with Gasteiger partial charge in [0.15, 0.2) is 5.78 Å². The minimum Gasteiger partial charge on any atom is -0.459 e. The van der Waals surface area contributed by atoms with Crippen LogP contribution in [0.15, 0.2) is 83.2 Å². The Morgan fingerprint density at radius 3 is 2.19 bits per heavy atom. The molecule has 2 aromatic rings. The average molecular weight is 428 g/mol. The third-order valence-corrected chi connectivity index (χ3v) is 7.03. The number of hydrogen-bond acceptors (Lipinski definition) is 4. The monoisotopic (exact) mass is 427 g/mol. The smallest absolute Gasteiger partial charge is 0.337 e. The van der Waals surface area contributed by atoms with E-state index in [9.17, 15) is 9.59 Å². The van der Waals surface area contributed by atoms with Gasteiger partial charge in [-0.05, 0) is 56.1 Å². The molecule has 0 saturated heterocycles. The number of allylic oxidation sites excluding steroid dienone is 3. The van der Waals surface area contributed by atoms with Gasteiger partial charge in [-0.15, -0.1) is 0 Å². The first-order valence-electron chi connectivity index (χ1n) is 11.7. The van der Waals surface area contributed by atoms with Crippen LogP contribution in [-0.4, -0.2) is 17.9 Å². The van der Waals surface area contributed by atoms with Crippen molar-refractivity contribution in [1.29, 1.82) is 0 Å². The first-order valence-corrected chi connectivity index (χ1v) is 11.7. The quantitative estimate of drug-likeness (QED) is 0.652. The molecule has 2 atom stereocenters. The Balaban J connectivity index is 1.53. The van der Waals surface area contributed by atoms with Crippen LogP contribution in [0.5, 0.6) is 0 Å². The van der Waals surface area contributed by atoms with E-state index in [0.717, 1.165) is 54.6 Å². The zero-order valence-electron chi connectivity index (χ0n) is 18.5. The largest absolute Gasteiger partial charge is 0.459 e. The Morgan fingerprint density at radius 2 is 1.53 bits per heavy atom. The molecule has 1 fully saturated rings. The molecule has 3 aliphatic rings. The minimum absolute atomic E-state index is 0.0147. The highest BCUT2D eigenvalue weighted by atomic mass is 16.5. The van der Waals surface area contributed by atoms with E-state index in [2.05, 4.69) is 17.4 Å². The summed E-state index contributed by atoms with van der Waals surface area (Å²) in [7, 11) is 0. The molecule has 4 heteroatoms. The molecular weight excluding hydrogens is 398 g/mol. The molecule has 1 aliphatic heterocycles. The fourth-order valence-corrected chi connectivity index (χ4v) is 5.47. The molecular formula is C28H29NO3. The molecule has 2 aromatic carbocycles. The van der Waals surface area contributed by atoms with Crippen molar-refractivity contribution in [2.75, 3.05) is 0 Å². The molecule has 164 valence electrons. The number of ether oxygens (including phenoxy) is 1. The Labute approximate surface area is 189 Å². The normalized spacial score (nSPS) is 23.7. The summed E-state index contributed by atoms with van der Waals surface area (Å²) in [6.07, 6.45) is 5.25. The number of hydrogen-bond donors (Lipinski definition) is 1. The van der Waals surface area contributed by atoms with Crippen LogP contribution in [0.4, 0.5) is 0 Å². The number of carbonyl (C=O) groups is 2. The number of Topliss-reactive ketones (excluding diaryl/α,β-unsaturated/α-hetero) is 1. The number of benzene rings is 2. The zero-order valence-corrected chi connectivity index (χ0v) is 18.5. The second-order valence-corrected chi connectivity index (χ2v) is 9.15. The number of dihydropyridines is 1. The van der Waals surface area contributed by atoms with Crippen molar-refractivity contribution in [3.8, 4) is 0 Å². The van der Waals surface area contributed by atoms with Gasteiger partial charge in [-0.25, -0.2) is 4.79 Å². The summed E-state index contributed by atoms with van der Waals surface area (Å²) in [4.78, 5) is 26.9. The molecule has 2 aliphatic carbocycles. The standard InChI is InChI=1S/C28H29NO3/c1-18-25(28(31)32-22-14-8-9-15-22)26(20-12-6-3-7-13-20)27-23(29-18)16-21(17-24(27)30)19-10-4-2-5-11-19/h2-7,10-13,21-22,26,29H,8-9,14-17H2,1H3/t21-,26-/m1/s1. The SMILES string of the molecule is CC1=C(C(=O)OC2CCCC2)[C@@H](c2ccccc2)C2=C(C[C@@H](c3ccccc3)CC2=O)N1. The van der Waals surface area contributed by atoms with Gasteiger partial charge in [-0.3, -0.25) is 4.79 Å². The number of carbonyl (C=O) groups excluding carboxylic acids is 2. The van der Waals surface area contributed by atoms with Crippen LogP contribution in [0, 0.1) is 0 Å². The van der Waals surface area contributed by atoms with Gasteiger partial charge >= 0.3 is 5.97 Å². The summed E-state index contributed by atoms with van der Waals surface area (Å²) in [5.74, 6) is -0.419. The Bertz CT molecular complexity index is 1080. The van der Waals surface area contributed by atoms with Crippen molar-refractivity contribution in [2.45, 2.75) is 63.4 Å². The van der Waals surface area contributed by atoms with Crippen molar-refractivity contribution >= 4 is 11.8 Å². The molecule has 1 saturated carbocycles. The summed E-state index contributed by atoms with van der Waals surface area (Å²) in [5.41, 5.74) is 5.19.